The molecule has 0 N–H and O–H groups in total. The number of carbonyl (C=O) groups excluding carboxylic acids is 1. The lowest BCUT2D eigenvalue weighted by Gasteiger charge is -2.31. The van der Waals surface area contributed by atoms with E-state index in [0.717, 1.165) is 30.6 Å². The highest BCUT2D eigenvalue weighted by atomic mass is 16.1. The summed E-state index contributed by atoms with van der Waals surface area (Å²) in [6, 6.07) is 0. The Morgan fingerprint density at radius 3 is 2.86 bits per heavy atom. The van der Waals surface area contributed by atoms with Gasteiger partial charge in [-0.15, -0.1) is 0 Å². The van der Waals surface area contributed by atoms with Crippen molar-refractivity contribution in [2.75, 3.05) is 0 Å². The second-order valence-electron chi connectivity index (χ2n) is 5.26. The summed E-state index contributed by atoms with van der Waals surface area (Å²) in [6.07, 6.45) is 7.14. The van der Waals surface area contributed by atoms with Gasteiger partial charge in [-0.05, 0) is 43.4 Å². The molecule has 0 aromatic carbocycles. The molecule has 2 aliphatic carbocycles. The molecule has 1 heteroatoms. The molecule has 14 heavy (non-hydrogen) atoms. The number of fused-ring (bicyclic) bond motifs is 1. The van der Waals surface area contributed by atoms with E-state index in [4.69, 9.17) is 0 Å². The lowest BCUT2D eigenvalue weighted by atomic mass is 9.73. The standard InChI is InChI=1S/C13H22O/c1-3-9(2)10-7-8-12-11(10)5-4-6-13(12)14/h9-12H,3-8H2,1-2H3/t9-,10?,11?,12?/m1/s1. The predicted octanol–water partition coefficient (Wildman–Crippen LogP) is 3.43. The molecule has 0 saturated heterocycles. The van der Waals surface area contributed by atoms with Gasteiger partial charge in [0.15, 0.2) is 0 Å². The Kier molecular flexibility index (Phi) is 2.94. The first-order chi connectivity index (χ1) is 6.74. The van der Waals surface area contributed by atoms with Crippen LogP contribution in [0.25, 0.3) is 0 Å². The molecule has 3 unspecified atom stereocenters. The van der Waals surface area contributed by atoms with Gasteiger partial charge in [-0.2, -0.15) is 0 Å². The Balaban J connectivity index is 2.06. The molecule has 4 atom stereocenters. The molecule has 0 heterocycles. The van der Waals surface area contributed by atoms with Crippen LogP contribution in [0.15, 0.2) is 0 Å². The van der Waals surface area contributed by atoms with Gasteiger partial charge in [-0.25, -0.2) is 0 Å². The van der Waals surface area contributed by atoms with E-state index in [1.807, 2.05) is 0 Å². The third-order valence-electron chi connectivity index (χ3n) is 4.63. The molecule has 0 aliphatic heterocycles. The molecule has 0 radical (unpaired) electrons. The fourth-order valence-electron chi connectivity index (χ4n) is 3.62. The Labute approximate surface area is 87.3 Å². The Hall–Kier alpha value is -0.330. The lowest BCUT2D eigenvalue weighted by Crippen LogP contribution is -2.29. The van der Waals surface area contributed by atoms with E-state index < -0.39 is 0 Å². The molecule has 2 rings (SSSR count). The van der Waals surface area contributed by atoms with Crippen molar-refractivity contribution < 1.29 is 4.79 Å². The van der Waals surface area contributed by atoms with Crippen LogP contribution in [-0.2, 0) is 4.79 Å². The van der Waals surface area contributed by atoms with Crippen molar-refractivity contribution in [3.63, 3.8) is 0 Å². The average Bonchev–Trinajstić information content (AvgIpc) is 2.62. The van der Waals surface area contributed by atoms with E-state index in [2.05, 4.69) is 13.8 Å². The van der Waals surface area contributed by atoms with Crippen LogP contribution in [0, 0.1) is 23.7 Å². The van der Waals surface area contributed by atoms with Crippen LogP contribution in [0.3, 0.4) is 0 Å². The van der Waals surface area contributed by atoms with Crippen molar-refractivity contribution in [3.05, 3.63) is 0 Å². The molecule has 0 spiro atoms. The fourth-order valence-corrected chi connectivity index (χ4v) is 3.62. The number of carbonyl (C=O) groups is 1. The smallest absolute Gasteiger partial charge is 0.136 e. The molecular formula is C13H22O. The van der Waals surface area contributed by atoms with Gasteiger partial charge >= 0.3 is 0 Å². The van der Waals surface area contributed by atoms with Crippen LogP contribution >= 0.6 is 0 Å². The highest BCUT2D eigenvalue weighted by molar-refractivity contribution is 5.82. The zero-order chi connectivity index (χ0) is 10.1. The summed E-state index contributed by atoms with van der Waals surface area (Å²) in [5.41, 5.74) is 0. The molecule has 2 fully saturated rings. The summed E-state index contributed by atoms with van der Waals surface area (Å²) in [6.45, 7) is 4.65. The van der Waals surface area contributed by atoms with Gasteiger partial charge < -0.3 is 0 Å². The third-order valence-corrected chi connectivity index (χ3v) is 4.63. The molecule has 0 bridgehead atoms. The lowest BCUT2D eigenvalue weighted by molar-refractivity contribution is -0.126. The van der Waals surface area contributed by atoms with E-state index in [-0.39, 0.29) is 0 Å². The maximum Gasteiger partial charge on any atom is 0.136 e. The first-order valence-electron chi connectivity index (χ1n) is 6.26. The van der Waals surface area contributed by atoms with Gasteiger partial charge in [-0.1, -0.05) is 20.3 Å². The predicted molar refractivity (Wildman–Crippen MR) is 58.0 cm³/mol. The number of hydrogen-bond acceptors (Lipinski definition) is 1. The van der Waals surface area contributed by atoms with E-state index >= 15 is 0 Å². The molecule has 1 nitrogen and oxygen atoms in total. The molecule has 2 saturated carbocycles. The second-order valence-corrected chi connectivity index (χ2v) is 5.26. The molecule has 0 aromatic rings. The first-order valence-corrected chi connectivity index (χ1v) is 6.26. The van der Waals surface area contributed by atoms with E-state index in [9.17, 15) is 4.79 Å². The van der Waals surface area contributed by atoms with Crippen molar-refractivity contribution in [3.8, 4) is 0 Å². The third kappa shape index (κ3) is 1.62. The average molecular weight is 194 g/mol. The van der Waals surface area contributed by atoms with Gasteiger partial charge in [0, 0.05) is 12.3 Å². The van der Waals surface area contributed by atoms with Gasteiger partial charge in [0.05, 0.1) is 0 Å². The molecule has 2 aliphatic rings. The zero-order valence-corrected chi connectivity index (χ0v) is 9.46. The normalized spacial score (nSPS) is 39.6. The first kappa shape index (κ1) is 10.2. The fraction of sp³-hybridized carbons (Fsp3) is 0.923. The van der Waals surface area contributed by atoms with Gasteiger partial charge in [0.2, 0.25) is 0 Å². The Morgan fingerprint density at radius 1 is 1.36 bits per heavy atom. The largest absolute Gasteiger partial charge is 0.299 e. The molecular weight excluding hydrogens is 172 g/mol. The zero-order valence-electron chi connectivity index (χ0n) is 9.46. The summed E-state index contributed by atoms with van der Waals surface area (Å²) in [5, 5.41) is 0. The van der Waals surface area contributed by atoms with E-state index in [1.165, 1.54) is 25.7 Å². The van der Waals surface area contributed by atoms with Crippen LogP contribution in [0.2, 0.25) is 0 Å². The number of rotatable bonds is 2. The van der Waals surface area contributed by atoms with Gasteiger partial charge in [0.25, 0.3) is 0 Å². The summed E-state index contributed by atoms with van der Waals surface area (Å²) in [4.78, 5) is 11.7. The Bertz CT molecular complexity index is 221. The van der Waals surface area contributed by atoms with Crippen LogP contribution in [0.1, 0.15) is 52.4 Å². The summed E-state index contributed by atoms with van der Waals surface area (Å²) >= 11 is 0. The molecule has 0 aromatic heterocycles. The number of ketones is 1. The molecule has 80 valence electrons. The van der Waals surface area contributed by atoms with Crippen LogP contribution in [-0.4, -0.2) is 5.78 Å². The summed E-state index contributed by atoms with van der Waals surface area (Å²) in [7, 11) is 0. The minimum Gasteiger partial charge on any atom is -0.299 e. The minimum absolute atomic E-state index is 0.461. The van der Waals surface area contributed by atoms with Gasteiger partial charge in [0.1, 0.15) is 5.78 Å². The maximum absolute atomic E-state index is 11.7. The monoisotopic (exact) mass is 194 g/mol. The SMILES string of the molecule is CC[C@@H](C)C1CCC2C(=O)CCCC21. The quantitative estimate of drug-likeness (QED) is 0.658. The van der Waals surface area contributed by atoms with Crippen LogP contribution in [0.5, 0.6) is 0 Å². The highest BCUT2D eigenvalue weighted by Gasteiger charge is 2.42. The van der Waals surface area contributed by atoms with Crippen LogP contribution in [0.4, 0.5) is 0 Å². The molecule has 0 amide bonds. The number of hydrogen-bond donors (Lipinski definition) is 0. The van der Waals surface area contributed by atoms with Crippen molar-refractivity contribution in [1.29, 1.82) is 0 Å². The van der Waals surface area contributed by atoms with E-state index in [1.54, 1.807) is 0 Å². The summed E-state index contributed by atoms with van der Waals surface area (Å²) < 4.78 is 0. The highest BCUT2D eigenvalue weighted by Crippen LogP contribution is 2.47. The maximum atomic E-state index is 11.7. The van der Waals surface area contributed by atoms with Crippen molar-refractivity contribution >= 4 is 5.78 Å². The number of Topliss-reactive ketones (excluding diaryl/α,β-unsaturated/α-hetero) is 1. The Morgan fingerprint density at radius 2 is 2.14 bits per heavy atom. The van der Waals surface area contributed by atoms with E-state index in [0.29, 0.717) is 11.7 Å². The minimum atomic E-state index is 0.461. The second kappa shape index (κ2) is 4.04. The summed E-state index contributed by atoms with van der Waals surface area (Å²) in [5.74, 6) is 3.48. The van der Waals surface area contributed by atoms with Gasteiger partial charge in [-0.3, -0.25) is 4.79 Å². The topological polar surface area (TPSA) is 17.1 Å². The van der Waals surface area contributed by atoms with Crippen molar-refractivity contribution in [1.82, 2.24) is 0 Å². The van der Waals surface area contributed by atoms with Crippen LogP contribution < -0.4 is 0 Å². The van der Waals surface area contributed by atoms with Crippen molar-refractivity contribution in [2.24, 2.45) is 23.7 Å². The van der Waals surface area contributed by atoms with Crippen molar-refractivity contribution in [2.45, 2.75) is 52.4 Å².